The summed E-state index contributed by atoms with van der Waals surface area (Å²) in [6.07, 6.45) is 1.39. The van der Waals surface area contributed by atoms with Gasteiger partial charge in [0, 0.05) is 19.2 Å². The summed E-state index contributed by atoms with van der Waals surface area (Å²) >= 11 is 0. The third-order valence-corrected chi connectivity index (χ3v) is 1.83. The molecule has 0 spiro atoms. The van der Waals surface area contributed by atoms with Crippen molar-refractivity contribution < 1.29 is 9.59 Å². The Labute approximate surface area is 86.3 Å². The highest BCUT2D eigenvalue weighted by Crippen LogP contribution is 2.01. The van der Waals surface area contributed by atoms with Gasteiger partial charge >= 0.3 is 5.69 Å². The average molecular weight is 211 g/mol. The van der Waals surface area contributed by atoms with Crippen LogP contribution < -0.4 is 11.0 Å². The van der Waals surface area contributed by atoms with Crippen LogP contribution in [0.4, 0.5) is 0 Å². The van der Waals surface area contributed by atoms with Gasteiger partial charge < -0.3 is 4.98 Å². The molecule has 0 atom stereocenters. The molecule has 6 nitrogen and oxygen atoms in total. The molecule has 0 aliphatic rings. The van der Waals surface area contributed by atoms with Crippen LogP contribution in [-0.2, 0) is 4.79 Å². The first-order valence-corrected chi connectivity index (χ1v) is 4.55. The molecule has 2 amide bonds. The number of hydrogen-bond acceptors (Lipinski definition) is 3. The molecule has 0 radical (unpaired) electrons. The van der Waals surface area contributed by atoms with Crippen molar-refractivity contribution in [3.8, 4) is 0 Å². The highest BCUT2D eigenvalue weighted by Gasteiger charge is 2.13. The SMILES string of the molecule is CC(=O)NC(=O)c1cn(C(C)C)c(=O)[nH]1. The molecule has 1 rings (SSSR count). The molecule has 82 valence electrons. The Morgan fingerprint density at radius 1 is 1.47 bits per heavy atom. The van der Waals surface area contributed by atoms with Crippen LogP contribution in [0.2, 0.25) is 0 Å². The van der Waals surface area contributed by atoms with E-state index in [1.165, 1.54) is 17.7 Å². The van der Waals surface area contributed by atoms with Crippen molar-refractivity contribution in [3.63, 3.8) is 0 Å². The average Bonchev–Trinajstić information content (AvgIpc) is 2.46. The van der Waals surface area contributed by atoms with Gasteiger partial charge in [-0.1, -0.05) is 0 Å². The number of amides is 2. The van der Waals surface area contributed by atoms with Gasteiger partial charge in [0.1, 0.15) is 5.69 Å². The summed E-state index contributed by atoms with van der Waals surface area (Å²) < 4.78 is 1.38. The molecule has 0 aliphatic heterocycles. The van der Waals surface area contributed by atoms with Crippen LogP contribution in [0.5, 0.6) is 0 Å². The smallest absolute Gasteiger partial charge is 0.301 e. The lowest BCUT2D eigenvalue weighted by Gasteiger charge is -2.02. The van der Waals surface area contributed by atoms with E-state index in [0.717, 1.165) is 0 Å². The Bertz CT molecular complexity index is 442. The zero-order chi connectivity index (χ0) is 11.6. The van der Waals surface area contributed by atoms with E-state index in [2.05, 4.69) is 10.3 Å². The predicted molar refractivity (Wildman–Crippen MR) is 53.6 cm³/mol. The van der Waals surface area contributed by atoms with Crippen LogP contribution in [-0.4, -0.2) is 21.4 Å². The van der Waals surface area contributed by atoms with Crippen LogP contribution in [0.25, 0.3) is 0 Å². The monoisotopic (exact) mass is 211 g/mol. The Morgan fingerprint density at radius 3 is 2.47 bits per heavy atom. The summed E-state index contributed by atoms with van der Waals surface area (Å²) in [7, 11) is 0. The number of rotatable bonds is 2. The van der Waals surface area contributed by atoms with Crippen molar-refractivity contribution in [2.45, 2.75) is 26.8 Å². The number of aromatic amines is 1. The maximum atomic E-state index is 11.3. The molecule has 1 heterocycles. The quantitative estimate of drug-likeness (QED) is 0.724. The molecule has 0 unspecified atom stereocenters. The lowest BCUT2D eigenvalue weighted by Crippen LogP contribution is -2.28. The second-order valence-electron chi connectivity index (χ2n) is 3.48. The highest BCUT2D eigenvalue weighted by molar-refractivity contribution is 6.02. The Morgan fingerprint density at radius 2 is 2.07 bits per heavy atom. The summed E-state index contributed by atoms with van der Waals surface area (Å²) in [4.78, 5) is 35.6. The molecule has 1 aromatic rings. The number of aromatic nitrogens is 2. The lowest BCUT2D eigenvalue weighted by atomic mass is 10.4. The van der Waals surface area contributed by atoms with E-state index in [0.29, 0.717) is 0 Å². The van der Waals surface area contributed by atoms with Crippen molar-refractivity contribution in [2.75, 3.05) is 0 Å². The minimum atomic E-state index is -0.598. The number of nitrogens with zero attached hydrogens (tertiary/aromatic N) is 1. The number of H-pyrrole nitrogens is 1. The summed E-state index contributed by atoms with van der Waals surface area (Å²) in [6.45, 7) is 4.87. The molecular formula is C9H13N3O3. The minimum absolute atomic E-state index is 0.0346. The van der Waals surface area contributed by atoms with Crippen LogP contribution in [0, 0.1) is 0 Å². The van der Waals surface area contributed by atoms with Crippen molar-refractivity contribution in [1.82, 2.24) is 14.9 Å². The summed E-state index contributed by atoms with van der Waals surface area (Å²) in [5.41, 5.74) is -0.275. The molecule has 2 N–H and O–H groups in total. The Hall–Kier alpha value is -1.85. The van der Waals surface area contributed by atoms with Crippen molar-refractivity contribution >= 4 is 11.8 Å². The number of carbonyl (C=O) groups is 2. The molecule has 6 heteroatoms. The normalized spacial score (nSPS) is 10.4. The first-order valence-electron chi connectivity index (χ1n) is 4.55. The van der Waals surface area contributed by atoms with Crippen LogP contribution in [0.15, 0.2) is 11.0 Å². The molecular weight excluding hydrogens is 198 g/mol. The number of hydrogen-bond donors (Lipinski definition) is 2. The largest absolute Gasteiger partial charge is 0.326 e. The molecule has 1 aromatic heterocycles. The van der Waals surface area contributed by atoms with E-state index in [1.54, 1.807) is 0 Å². The lowest BCUT2D eigenvalue weighted by molar-refractivity contribution is -0.118. The summed E-state index contributed by atoms with van der Waals surface area (Å²) in [5, 5.41) is 2.08. The van der Waals surface area contributed by atoms with Gasteiger partial charge in [0.2, 0.25) is 5.91 Å². The van der Waals surface area contributed by atoms with E-state index in [9.17, 15) is 14.4 Å². The molecule has 0 saturated carbocycles. The number of carbonyl (C=O) groups excluding carboxylic acids is 2. The number of imidazole rings is 1. The van der Waals surface area contributed by atoms with Gasteiger partial charge in [0.25, 0.3) is 5.91 Å². The third kappa shape index (κ3) is 2.55. The van der Waals surface area contributed by atoms with Crippen molar-refractivity contribution in [3.05, 3.63) is 22.4 Å². The zero-order valence-corrected chi connectivity index (χ0v) is 8.83. The zero-order valence-electron chi connectivity index (χ0n) is 8.83. The van der Waals surface area contributed by atoms with Gasteiger partial charge in [0.15, 0.2) is 0 Å². The van der Waals surface area contributed by atoms with Gasteiger partial charge in [-0.3, -0.25) is 19.5 Å². The molecule has 0 bridgehead atoms. The fraction of sp³-hybridized carbons (Fsp3) is 0.444. The maximum Gasteiger partial charge on any atom is 0.326 e. The first-order chi connectivity index (χ1) is 6.91. The molecule has 15 heavy (non-hydrogen) atoms. The van der Waals surface area contributed by atoms with Gasteiger partial charge in [-0.2, -0.15) is 0 Å². The minimum Gasteiger partial charge on any atom is -0.301 e. The fourth-order valence-electron chi connectivity index (χ4n) is 1.14. The number of imide groups is 1. The van der Waals surface area contributed by atoms with Gasteiger partial charge in [0.05, 0.1) is 0 Å². The predicted octanol–water partition coefficient (Wildman–Crippen LogP) is 0.0336. The Balaban J connectivity index is 2.97. The summed E-state index contributed by atoms with van der Waals surface area (Å²) in [6, 6.07) is -0.0346. The van der Waals surface area contributed by atoms with E-state index in [1.807, 2.05) is 13.8 Å². The standard InChI is InChI=1S/C9H13N3O3/c1-5(2)12-4-7(11-9(12)15)8(14)10-6(3)13/h4-5H,1-3H3,(H,11,15)(H,10,13,14). The molecule has 0 fully saturated rings. The second-order valence-corrected chi connectivity index (χ2v) is 3.48. The second kappa shape index (κ2) is 4.12. The van der Waals surface area contributed by atoms with E-state index in [-0.39, 0.29) is 17.4 Å². The molecule has 0 aliphatic carbocycles. The molecule has 0 aromatic carbocycles. The topological polar surface area (TPSA) is 84.0 Å². The maximum absolute atomic E-state index is 11.3. The van der Waals surface area contributed by atoms with Crippen LogP contribution in [0.1, 0.15) is 37.3 Å². The van der Waals surface area contributed by atoms with Crippen LogP contribution >= 0.6 is 0 Å². The first kappa shape index (κ1) is 11.2. The number of nitrogens with one attached hydrogen (secondary N) is 2. The summed E-state index contributed by atoms with van der Waals surface area (Å²) in [5.74, 6) is -1.06. The van der Waals surface area contributed by atoms with E-state index in [4.69, 9.17) is 0 Å². The Kier molecular flexibility index (Phi) is 3.08. The van der Waals surface area contributed by atoms with Gasteiger partial charge in [-0.25, -0.2) is 4.79 Å². The van der Waals surface area contributed by atoms with Crippen LogP contribution in [0.3, 0.4) is 0 Å². The van der Waals surface area contributed by atoms with Gasteiger partial charge in [-0.15, -0.1) is 0 Å². The third-order valence-electron chi connectivity index (χ3n) is 1.83. The highest BCUT2D eigenvalue weighted by atomic mass is 16.2. The fourth-order valence-corrected chi connectivity index (χ4v) is 1.14. The molecule has 0 saturated heterocycles. The van der Waals surface area contributed by atoms with E-state index >= 15 is 0 Å². The van der Waals surface area contributed by atoms with Gasteiger partial charge in [-0.05, 0) is 13.8 Å². The van der Waals surface area contributed by atoms with Crippen molar-refractivity contribution in [1.29, 1.82) is 0 Å². The van der Waals surface area contributed by atoms with E-state index < -0.39 is 11.8 Å². The van der Waals surface area contributed by atoms with Crippen molar-refractivity contribution in [2.24, 2.45) is 0 Å².